The first-order valence-corrected chi connectivity index (χ1v) is 23.6. The average Bonchev–Trinajstić information content (AvgIpc) is 3.58. The van der Waals surface area contributed by atoms with Crippen molar-refractivity contribution in [2.45, 2.75) is 122 Å². The predicted octanol–water partition coefficient (Wildman–Crippen LogP) is 8.41. The molecule has 0 bridgehead atoms. The summed E-state index contributed by atoms with van der Waals surface area (Å²) in [4.78, 5) is 65.7. The highest BCUT2D eigenvalue weighted by Gasteiger charge is 2.65. The third kappa shape index (κ3) is 9.41. The fourth-order valence-electron chi connectivity index (χ4n) is 8.37. The van der Waals surface area contributed by atoms with Crippen molar-refractivity contribution in [1.82, 2.24) is 25.5 Å². The number of rotatable bonds is 14. The van der Waals surface area contributed by atoms with Crippen LogP contribution in [0.3, 0.4) is 0 Å². The van der Waals surface area contributed by atoms with E-state index in [9.17, 15) is 23.8 Å². The number of hydrogen-bond donors (Lipinski definition) is 4. The van der Waals surface area contributed by atoms with Gasteiger partial charge in [-0.05, 0) is 81.5 Å². The van der Waals surface area contributed by atoms with Gasteiger partial charge in [0.05, 0.1) is 23.9 Å². The Balaban J connectivity index is 1.21. The first kappa shape index (κ1) is 43.3. The van der Waals surface area contributed by atoms with E-state index in [4.69, 9.17) is 19.4 Å². The molecule has 1 saturated heterocycles. The minimum atomic E-state index is -4.07. The van der Waals surface area contributed by atoms with E-state index in [1.807, 2.05) is 77.3 Å². The zero-order chi connectivity index (χ0) is 43.0. The summed E-state index contributed by atoms with van der Waals surface area (Å²) in [7, 11) is -4.07. The lowest BCUT2D eigenvalue weighted by molar-refractivity contribution is -0.142. The van der Waals surface area contributed by atoms with Crippen molar-refractivity contribution in [1.29, 1.82) is 0 Å². The van der Waals surface area contributed by atoms with Gasteiger partial charge in [0.15, 0.2) is 5.13 Å². The zero-order valence-corrected chi connectivity index (χ0v) is 37.0. The summed E-state index contributed by atoms with van der Waals surface area (Å²) in [5.41, 5.74) is 2.90. The van der Waals surface area contributed by atoms with Crippen molar-refractivity contribution in [2.24, 2.45) is 11.3 Å². The molecule has 7 rings (SSSR count). The van der Waals surface area contributed by atoms with E-state index in [1.165, 1.54) is 16.2 Å². The van der Waals surface area contributed by atoms with Gasteiger partial charge in [-0.15, -0.1) is 17.9 Å². The minimum Gasteiger partial charge on any atom is -0.488 e. The van der Waals surface area contributed by atoms with Gasteiger partial charge >= 0.3 is 6.09 Å². The second-order valence-electron chi connectivity index (χ2n) is 17.9. The van der Waals surface area contributed by atoms with Gasteiger partial charge in [0.1, 0.15) is 41.0 Å². The van der Waals surface area contributed by atoms with Crippen molar-refractivity contribution in [3.05, 3.63) is 83.8 Å². The Labute approximate surface area is 356 Å². The van der Waals surface area contributed by atoms with E-state index in [0.717, 1.165) is 41.8 Å². The highest BCUT2D eigenvalue weighted by atomic mass is 32.1. The van der Waals surface area contributed by atoms with Crippen molar-refractivity contribution in [3.63, 3.8) is 0 Å². The Morgan fingerprint density at radius 1 is 1.07 bits per heavy atom. The number of benzene rings is 2. The monoisotopic (exact) mass is 856 g/mol. The first-order valence-electron chi connectivity index (χ1n) is 20.8. The SMILES string of the molecule is C=C[C@@H]1C[C@]1(NC(=O)[C@@H]1C[C@@H](Oc2cc(-c3csc(NC(C)C)n3)nc3cc(C)ccc23)CN1C(=O)[C@@H](NC(=O)OC1CCCC1)C(C)(C)C)P(=O)(O)Cc1ccccc1. The van der Waals surface area contributed by atoms with Gasteiger partial charge in [-0.2, -0.15) is 0 Å². The van der Waals surface area contributed by atoms with Crippen LogP contribution in [0.15, 0.2) is 72.6 Å². The van der Waals surface area contributed by atoms with Crippen LogP contribution in [-0.4, -0.2) is 79.8 Å². The molecule has 1 aliphatic heterocycles. The second-order valence-corrected chi connectivity index (χ2v) is 21.3. The number of hydrogen-bond acceptors (Lipinski definition) is 10. The predicted molar refractivity (Wildman–Crippen MR) is 235 cm³/mol. The van der Waals surface area contributed by atoms with Crippen molar-refractivity contribution in [2.75, 3.05) is 11.9 Å². The Kier molecular flexibility index (Phi) is 12.5. The Bertz CT molecular complexity index is 2290. The highest BCUT2D eigenvalue weighted by molar-refractivity contribution is 7.59. The smallest absolute Gasteiger partial charge is 0.408 e. The van der Waals surface area contributed by atoms with Gasteiger partial charge < -0.3 is 35.2 Å². The lowest BCUT2D eigenvalue weighted by Gasteiger charge is -2.36. The Morgan fingerprint density at radius 2 is 1.80 bits per heavy atom. The van der Waals surface area contributed by atoms with E-state index in [2.05, 4.69) is 22.5 Å². The van der Waals surface area contributed by atoms with Gasteiger partial charge in [0.2, 0.25) is 19.2 Å². The molecule has 3 fully saturated rings. The summed E-state index contributed by atoms with van der Waals surface area (Å²) < 4.78 is 26.8. The molecule has 60 heavy (non-hydrogen) atoms. The lowest BCUT2D eigenvalue weighted by Crippen LogP contribution is -2.58. The highest BCUT2D eigenvalue weighted by Crippen LogP contribution is 2.70. The quantitative estimate of drug-likeness (QED) is 0.0713. The summed E-state index contributed by atoms with van der Waals surface area (Å²) in [6, 6.07) is 14.8. The first-order chi connectivity index (χ1) is 28.5. The average molecular weight is 857 g/mol. The molecule has 4 N–H and O–H groups in total. The molecular weight excluding hydrogens is 800 g/mol. The second kappa shape index (κ2) is 17.3. The van der Waals surface area contributed by atoms with Crippen molar-refractivity contribution >= 4 is 52.6 Å². The number of anilines is 1. The molecule has 3 heterocycles. The molecule has 3 amide bonds. The minimum absolute atomic E-state index is 0.00566. The fourth-order valence-corrected chi connectivity index (χ4v) is 11.6. The Hall–Kier alpha value is -4.78. The normalized spacial score (nSPS) is 23.2. The van der Waals surface area contributed by atoms with Crippen molar-refractivity contribution < 1.29 is 33.3 Å². The molecule has 6 atom stereocenters. The number of fused-ring (bicyclic) bond motifs is 1. The van der Waals surface area contributed by atoms with Gasteiger partial charge in [-0.1, -0.05) is 63.2 Å². The van der Waals surface area contributed by atoms with Crippen LogP contribution < -0.4 is 20.7 Å². The van der Waals surface area contributed by atoms with Gasteiger partial charge in [0.25, 0.3) is 0 Å². The molecule has 3 aliphatic rings. The topological polar surface area (TPSA) is 172 Å². The number of amides is 3. The van der Waals surface area contributed by atoms with E-state index >= 15 is 0 Å². The molecule has 1 unspecified atom stereocenters. The number of alkyl carbamates (subject to hydrolysis) is 1. The number of ether oxygens (including phenoxy) is 2. The van der Waals surface area contributed by atoms with E-state index in [1.54, 1.807) is 30.3 Å². The molecule has 320 valence electrons. The summed E-state index contributed by atoms with van der Waals surface area (Å²) >= 11 is 1.48. The van der Waals surface area contributed by atoms with E-state index in [-0.39, 0.29) is 37.7 Å². The molecule has 4 aromatic rings. The van der Waals surface area contributed by atoms with E-state index in [0.29, 0.717) is 28.2 Å². The number of nitrogens with one attached hydrogen (secondary N) is 3. The number of likely N-dealkylation sites (tertiary alicyclic amines) is 1. The number of carbonyl (C=O) groups is 3. The number of aryl methyl sites for hydroxylation is 1. The van der Waals surface area contributed by atoms with Crippen LogP contribution in [0.1, 0.15) is 84.3 Å². The number of carbonyl (C=O) groups excluding carboxylic acids is 3. The van der Waals surface area contributed by atoms with Gasteiger partial charge in [0, 0.05) is 35.2 Å². The standard InChI is InChI=1S/C45H57N6O7PS/c1-8-30-23-45(30,59(55,56)25-29-14-10-9-11-15-29)50-40(52)37-21-32(24-51(37)41(53)39(44(5,6)7)49-43(54)58-31-16-12-13-17-31)57-38-22-35(36-26-60-42(48-36)46-27(2)3)47-34-20-28(4)18-19-33(34)38/h8-11,14-15,18-20,22,26-27,30-32,37,39H,1,12-13,16-17,21,23-25H2,2-7H3,(H,46,48)(H,49,54)(H,50,52)(H,55,56)/t30-,32-,37+,39-,45+/m1/s1. The Morgan fingerprint density at radius 3 is 2.47 bits per heavy atom. The number of thiazole rings is 1. The maximum Gasteiger partial charge on any atom is 0.408 e. The summed E-state index contributed by atoms with van der Waals surface area (Å²) in [5, 5.41) is 11.2. The zero-order valence-electron chi connectivity index (χ0n) is 35.3. The molecule has 0 radical (unpaired) electrons. The number of aromatic nitrogens is 2. The molecule has 15 heteroatoms. The van der Waals surface area contributed by atoms with Crippen LogP contribution >= 0.6 is 18.7 Å². The third-order valence-electron chi connectivity index (χ3n) is 11.7. The van der Waals surface area contributed by atoms with Gasteiger partial charge in [-0.25, -0.2) is 14.8 Å². The summed E-state index contributed by atoms with van der Waals surface area (Å²) in [5.74, 6) is -0.994. The summed E-state index contributed by atoms with van der Waals surface area (Å²) in [6.45, 7) is 15.5. The lowest BCUT2D eigenvalue weighted by atomic mass is 9.85. The fraction of sp³-hybridized carbons (Fsp3) is 0.489. The molecule has 13 nitrogen and oxygen atoms in total. The molecule has 2 aliphatic carbocycles. The van der Waals surface area contributed by atoms with Crippen LogP contribution in [0.25, 0.3) is 22.3 Å². The van der Waals surface area contributed by atoms with Crippen LogP contribution in [0.5, 0.6) is 5.75 Å². The molecule has 2 saturated carbocycles. The van der Waals surface area contributed by atoms with Crippen LogP contribution in [0.2, 0.25) is 0 Å². The molecule has 2 aromatic heterocycles. The van der Waals surface area contributed by atoms with E-state index < -0.39 is 60.1 Å². The molecule has 0 spiro atoms. The maximum atomic E-state index is 14.9. The molecular formula is C45H57N6O7PS. The van der Waals surface area contributed by atoms with Crippen LogP contribution in [-0.2, 0) is 25.1 Å². The van der Waals surface area contributed by atoms with Crippen LogP contribution in [0.4, 0.5) is 9.93 Å². The molecule has 2 aromatic carbocycles. The number of nitrogens with zero attached hydrogens (tertiary/aromatic N) is 3. The number of pyridine rings is 1. The largest absolute Gasteiger partial charge is 0.488 e. The van der Waals surface area contributed by atoms with Crippen molar-refractivity contribution in [3.8, 4) is 17.1 Å². The third-order valence-corrected chi connectivity index (χ3v) is 15.1. The maximum absolute atomic E-state index is 14.9. The van der Waals surface area contributed by atoms with Crippen LogP contribution in [0, 0.1) is 18.3 Å². The van der Waals surface area contributed by atoms with Gasteiger partial charge in [-0.3, -0.25) is 14.2 Å². The summed E-state index contributed by atoms with van der Waals surface area (Å²) in [6.07, 6.45) is 3.68.